The Morgan fingerprint density at radius 1 is 1.41 bits per heavy atom. The van der Waals surface area contributed by atoms with Crippen LogP contribution in [0.3, 0.4) is 0 Å². The molecular formula is C13H19NO2S. The van der Waals surface area contributed by atoms with Crippen molar-refractivity contribution in [3.8, 4) is 0 Å². The molecule has 0 amide bonds. The minimum atomic E-state index is -0.702. The van der Waals surface area contributed by atoms with Crippen molar-refractivity contribution >= 4 is 17.3 Å². The molecule has 3 nitrogen and oxygen atoms in total. The minimum Gasteiger partial charge on any atom is -0.481 e. The fraction of sp³-hybridized carbons (Fsp3) is 0.615. The van der Waals surface area contributed by atoms with Crippen LogP contribution in [-0.2, 0) is 4.79 Å². The summed E-state index contributed by atoms with van der Waals surface area (Å²) in [6.07, 6.45) is 3.89. The second kappa shape index (κ2) is 5.65. The lowest BCUT2D eigenvalue weighted by molar-refractivity contribution is -0.138. The molecule has 1 aromatic heterocycles. The average Bonchev–Trinajstić information content (AvgIpc) is 2.73. The highest BCUT2D eigenvalue weighted by Crippen LogP contribution is 2.32. The van der Waals surface area contributed by atoms with E-state index >= 15 is 0 Å². The van der Waals surface area contributed by atoms with Gasteiger partial charge < -0.3 is 5.11 Å². The van der Waals surface area contributed by atoms with Crippen molar-refractivity contribution < 1.29 is 9.90 Å². The number of nitrogens with zero attached hydrogens (tertiary/aromatic N) is 1. The molecule has 2 rings (SSSR count). The molecule has 1 saturated heterocycles. The van der Waals surface area contributed by atoms with Crippen molar-refractivity contribution in [2.45, 2.75) is 38.6 Å². The summed E-state index contributed by atoms with van der Waals surface area (Å²) in [5, 5.41) is 9.06. The van der Waals surface area contributed by atoms with Gasteiger partial charge in [-0.25, -0.2) is 0 Å². The van der Waals surface area contributed by atoms with Crippen molar-refractivity contribution in [1.29, 1.82) is 0 Å². The van der Waals surface area contributed by atoms with E-state index in [0.29, 0.717) is 0 Å². The third-order valence-corrected chi connectivity index (χ3v) is 4.39. The van der Waals surface area contributed by atoms with Crippen LogP contribution < -0.4 is 0 Å². The van der Waals surface area contributed by atoms with E-state index in [1.165, 1.54) is 29.0 Å². The zero-order valence-corrected chi connectivity index (χ0v) is 11.0. The van der Waals surface area contributed by atoms with E-state index in [9.17, 15) is 4.79 Å². The Kier molecular flexibility index (Phi) is 4.18. The maximum atomic E-state index is 11.0. The monoisotopic (exact) mass is 253 g/mol. The maximum absolute atomic E-state index is 11.0. The fourth-order valence-electron chi connectivity index (χ4n) is 2.44. The lowest BCUT2D eigenvalue weighted by atomic mass is 10.0. The Bertz CT molecular complexity index is 383. The molecule has 0 radical (unpaired) electrons. The number of likely N-dealkylation sites (tertiary alicyclic amines) is 1. The van der Waals surface area contributed by atoms with Crippen molar-refractivity contribution in [3.05, 3.63) is 21.9 Å². The van der Waals surface area contributed by atoms with Gasteiger partial charge in [0.15, 0.2) is 0 Å². The molecule has 1 N–H and O–H groups in total. The Hall–Kier alpha value is -0.870. The number of carboxylic acids is 1. The Labute approximate surface area is 106 Å². The van der Waals surface area contributed by atoms with Gasteiger partial charge in [0.2, 0.25) is 0 Å². The summed E-state index contributed by atoms with van der Waals surface area (Å²) in [6.45, 7) is 4.14. The minimum absolute atomic E-state index is 0.0755. The second-order valence-corrected chi connectivity index (χ2v) is 5.98. The summed E-state index contributed by atoms with van der Waals surface area (Å²) in [5.41, 5.74) is 0. The van der Waals surface area contributed by atoms with E-state index < -0.39 is 5.97 Å². The van der Waals surface area contributed by atoms with Crippen LogP contribution in [0.1, 0.15) is 41.5 Å². The summed E-state index contributed by atoms with van der Waals surface area (Å²) in [6, 6.07) is 4.24. The summed E-state index contributed by atoms with van der Waals surface area (Å²) in [7, 11) is 0. The smallest absolute Gasteiger partial charge is 0.305 e. The van der Waals surface area contributed by atoms with Crippen molar-refractivity contribution in [3.63, 3.8) is 0 Å². The van der Waals surface area contributed by atoms with Crippen LogP contribution in [0.4, 0.5) is 0 Å². The van der Waals surface area contributed by atoms with E-state index in [0.717, 1.165) is 13.1 Å². The van der Waals surface area contributed by atoms with E-state index in [4.69, 9.17) is 5.11 Å². The average molecular weight is 253 g/mol. The number of carbonyl (C=O) groups is 1. The van der Waals surface area contributed by atoms with Gasteiger partial charge in [0.1, 0.15) is 0 Å². The molecule has 0 spiro atoms. The highest BCUT2D eigenvalue weighted by Gasteiger charge is 2.25. The SMILES string of the molecule is Cc1ccc(C(CC(=O)O)N2CCCCC2)s1. The molecular weight excluding hydrogens is 234 g/mol. The molecule has 0 aliphatic carbocycles. The van der Waals surface area contributed by atoms with Crippen LogP contribution in [0, 0.1) is 6.92 Å². The van der Waals surface area contributed by atoms with E-state index in [1.807, 2.05) is 0 Å². The molecule has 17 heavy (non-hydrogen) atoms. The molecule has 4 heteroatoms. The number of hydrogen-bond donors (Lipinski definition) is 1. The van der Waals surface area contributed by atoms with Gasteiger partial charge in [-0.1, -0.05) is 6.42 Å². The number of hydrogen-bond acceptors (Lipinski definition) is 3. The number of aryl methyl sites for hydroxylation is 1. The quantitative estimate of drug-likeness (QED) is 0.896. The number of aliphatic carboxylic acids is 1. The first kappa shape index (κ1) is 12.6. The van der Waals surface area contributed by atoms with Gasteiger partial charge in [0, 0.05) is 9.75 Å². The highest BCUT2D eigenvalue weighted by atomic mass is 32.1. The van der Waals surface area contributed by atoms with Crippen molar-refractivity contribution in [1.82, 2.24) is 4.90 Å². The topological polar surface area (TPSA) is 40.5 Å². The Balaban J connectivity index is 2.14. The molecule has 0 bridgehead atoms. The lowest BCUT2D eigenvalue weighted by Crippen LogP contribution is -2.34. The largest absolute Gasteiger partial charge is 0.481 e. The van der Waals surface area contributed by atoms with Gasteiger partial charge in [-0.3, -0.25) is 9.69 Å². The standard InChI is InChI=1S/C13H19NO2S/c1-10-5-6-12(17-10)11(9-13(15)16)14-7-3-2-4-8-14/h5-6,11H,2-4,7-9H2,1H3,(H,15,16). The normalized spacial score (nSPS) is 19.1. The second-order valence-electron chi connectivity index (χ2n) is 4.66. The first-order valence-corrected chi connectivity index (χ1v) is 7.00. The van der Waals surface area contributed by atoms with Crippen LogP contribution >= 0.6 is 11.3 Å². The van der Waals surface area contributed by atoms with E-state index in [-0.39, 0.29) is 12.5 Å². The maximum Gasteiger partial charge on any atom is 0.305 e. The van der Waals surface area contributed by atoms with Gasteiger partial charge >= 0.3 is 5.97 Å². The summed E-state index contributed by atoms with van der Waals surface area (Å²) < 4.78 is 0. The fourth-order valence-corrected chi connectivity index (χ4v) is 3.45. The number of rotatable bonds is 4. The Morgan fingerprint density at radius 2 is 2.12 bits per heavy atom. The molecule has 1 fully saturated rings. The summed E-state index contributed by atoms with van der Waals surface area (Å²) in [5.74, 6) is -0.702. The zero-order valence-electron chi connectivity index (χ0n) is 10.2. The predicted octanol–water partition coefficient (Wildman–Crippen LogP) is 3.06. The van der Waals surface area contributed by atoms with Gasteiger partial charge in [-0.15, -0.1) is 11.3 Å². The van der Waals surface area contributed by atoms with Gasteiger partial charge in [-0.05, 0) is 45.0 Å². The zero-order chi connectivity index (χ0) is 12.3. The van der Waals surface area contributed by atoms with Crippen LogP contribution in [0.15, 0.2) is 12.1 Å². The van der Waals surface area contributed by atoms with E-state index in [2.05, 4.69) is 24.0 Å². The number of carboxylic acid groups (broad SMARTS) is 1. The third kappa shape index (κ3) is 3.30. The molecule has 1 unspecified atom stereocenters. The predicted molar refractivity (Wildman–Crippen MR) is 69.5 cm³/mol. The lowest BCUT2D eigenvalue weighted by Gasteiger charge is -2.33. The van der Waals surface area contributed by atoms with Gasteiger partial charge in [0.05, 0.1) is 12.5 Å². The van der Waals surface area contributed by atoms with Crippen molar-refractivity contribution in [2.75, 3.05) is 13.1 Å². The van der Waals surface area contributed by atoms with Crippen molar-refractivity contribution in [2.24, 2.45) is 0 Å². The van der Waals surface area contributed by atoms with E-state index in [1.54, 1.807) is 11.3 Å². The first-order valence-electron chi connectivity index (χ1n) is 6.19. The van der Waals surface area contributed by atoms with Gasteiger partial charge in [0.25, 0.3) is 0 Å². The summed E-state index contributed by atoms with van der Waals surface area (Å²) in [4.78, 5) is 15.8. The highest BCUT2D eigenvalue weighted by molar-refractivity contribution is 7.12. The van der Waals surface area contributed by atoms with Crippen LogP contribution in [-0.4, -0.2) is 29.1 Å². The molecule has 1 aliphatic rings. The van der Waals surface area contributed by atoms with Gasteiger partial charge in [-0.2, -0.15) is 0 Å². The molecule has 1 atom stereocenters. The number of piperidine rings is 1. The third-order valence-electron chi connectivity index (χ3n) is 3.29. The van der Waals surface area contributed by atoms with Crippen LogP contribution in [0.25, 0.3) is 0 Å². The molecule has 94 valence electrons. The first-order chi connectivity index (χ1) is 8.16. The molecule has 2 heterocycles. The van der Waals surface area contributed by atoms with Crippen LogP contribution in [0.5, 0.6) is 0 Å². The molecule has 1 aliphatic heterocycles. The molecule has 0 saturated carbocycles. The Morgan fingerprint density at radius 3 is 2.65 bits per heavy atom. The molecule has 1 aromatic rings. The summed E-state index contributed by atoms with van der Waals surface area (Å²) >= 11 is 1.73. The van der Waals surface area contributed by atoms with Crippen LogP contribution in [0.2, 0.25) is 0 Å². The molecule has 0 aromatic carbocycles. The number of thiophene rings is 1.